The van der Waals surface area contributed by atoms with Crippen molar-refractivity contribution in [2.75, 3.05) is 6.54 Å². The molecule has 0 aromatic rings. The number of nitrogens with one attached hydrogen (secondary N) is 1. The van der Waals surface area contributed by atoms with Crippen LogP contribution in [0.15, 0.2) is 4.99 Å². The summed E-state index contributed by atoms with van der Waals surface area (Å²) >= 11 is 4.58. The molecule has 1 atom stereocenters. The van der Waals surface area contributed by atoms with E-state index in [0.717, 1.165) is 13.0 Å². The summed E-state index contributed by atoms with van der Waals surface area (Å²) in [6.45, 7) is 9.72. The molecule has 0 spiro atoms. The molecule has 3 heteroatoms. The van der Waals surface area contributed by atoms with E-state index in [9.17, 15) is 0 Å². The zero-order chi connectivity index (χ0) is 10.1. The van der Waals surface area contributed by atoms with Gasteiger partial charge in [-0.25, -0.2) is 4.99 Å². The molecule has 1 aliphatic heterocycles. The Morgan fingerprint density at radius 2 is 2.08 bits per heavy atom. The standard InChI is InChI=1S/C10H18N2S/c1-9(2)5-8(6-11-7-13)10(3,4)12-9/h8,12H,5-6H2,1-4H3. The molecule has 0 radical (unpaired) electrons. The predicted octanol–water partition coefficient (Wildman–Crippen LogP) is 2.26. The van der Waals surface area contributed by atoms with Crippen molar-refractivity contribution in [1.82, 2.24) is 5.32 Å². The van der Waals surface area contributed by atoms with E-state index in [2.05, 4.69) is 55.4 Å². The number of rotatable bonds is 2. The minimum atomic E-state index is 0.166. The third kappa shape index (κ3) is 2.60. The van der Waals surface area contributed by atoms with Crippen LogP contribution in [0.5, 0.6) is 0 Å². The number of nitrogens with zero attached hydrogens (tertiary/aromatic N) is 1. The van der Waals surface area contributed by atoms with Crippen LogP contribution in [0.4, 0.5) is 0 Å². The van der Waals surface area contributed by atoms with Crippen LogP contribution in [0.25, 0.3) is 0 Å². The van der Waals surface area contributed by atoms with Gasteiger partial charge in [-0.05, 0) is 52.3 Å². The Morgan fingerprint density at radius 3 is 2.46 bits per heavy atom. The zero-order valence-electron chi connectivity index (χ0n) is 8.85. The van der Waals surface area contributed by atoms with Crippen molar-refractivity contribution in [2.24, 2.45) is 10.9 Å². The molecule has 0 saturated carbocycles. The minimum absolute atomic E-state index is 0.166. The summed E-state index contributed by atoms with van der Waals surface area (Å²) in [5.74, 6) is 0.568. The molecule has 0 aromatic carbocycles. The van der Waals surface area contributed by atoms with Gasteiger partial charge in [0.15, 0.2) is 0 Å². The van der Waals surface area contributed by atoms with Gasteiger partial charge in [-0.1, -0.05) is 0 Å². The molecular weight excluding hydrogens is 180 g/mol. The van der Waals surface area contributed by atoms with Gasteiger partial charge in [0.2, 0.25) is 0 Å². The molecule has 1 saturated heterocycles. The maximum atomic E-state index is 4.58. The summed E-state index contributed by atoms with van der Waals surface area (Å²) in [7, 11) is 0. The highest BCUT2D eigenvalue weighted by Gasteiger charge is 2.43. The van der Waals surface area contributed by atoms with Gasteiger partial charge in [-0.2, -0.15) is 0 Å². The van der Waals surface area contributed by atoms with Gasteiger partial charge < -0.3 is 5.32 Å². The highest BCUT2D eigenvalue weighted by atomic mass is 32.1. The summed E-state index contributed by atoms with van der Waals surface area (Å²) in [6.07, 6.45) is 1.15. The molecule has 13 heavy (non-hydrogen) atoms. The Balaban J connectivity index is 2.70. The van der Waals surface area contributed by atoms with Crippen LogP contribution in [-0.2, 0) is 0 Å². The van der Waals surface area contributed by atoms with Crippen molar-refractivity contribution in [1.29, 1.82) is 0 Å². The third-order valence-electron chi connectivity index (χ3n) is 2.81. The van der Waals surface area contributed by atoms with Crippen LogP contribution < -0.4 is 5.32 Å². The summed E-state index contributed by atoms with van der Waals surface area (Å²) in [4.78, 5) is 4.04. The second kappa shape index (κ2) is 3.49. The van der Waals surface area contributed by atoms with Crippen LogP contribution in [0.1, 0.15) is 34.1 Å². The van der Waals surface area contributed by atoms with Crippen LogP contribution in [0, 0.1) is 5.92 Å². The maximum Gasteiger partial charge on any atom is 0.0585 e. The van der Waals surface area contributed by atoms with Crippen LogP contribution in [0.2, 0.25) is 0 Å². The summed E-state index contributed by atoms with van der Waals surface area (Å²) in [5.41, 5.74) is 0.393. The molecule has 1 aliphatic rings. The first-order valence-corrected chi connectivity index (χ1v) is 5.11. The van der Waals surface area contributed by atoms with Gasteiger partial charge in [-0.15, -0.1) is 0 Å². The quantitative estimate of drug-likeness (QED) is 0.543. The fraction of sp³-hybridized carbons (Fsp3) is 0.900. The van der Waals surface area contributed by atoms with Gasteiger partial charge in [0.1, 0.15) is 0 Å². The SMILES string of the molecule is CC1(C)CC(CN=C=S)C(C)(C)N1. The number of aliphatic imine (C=N–C) groups is 1. The highest BCUT2D eigenvalue weighted by Crippen LogP contribution is 2.35. The number of isothiocyanates is 1. The second-order valence-electron chi connectivity index (χ2n) is 5.06. The van der Waals surface area contributed by atoms with E-state index in [1.807, 2.05) is 0 Å². The van der Waals surface area contributed by atoms with E-state index in [4.69, 9.17) is 0 Å². The lowest BCUT2D eigenvalue weighted by Gasteiger charge is -2.27. The maximum absolute atomic E-state index is 4.58. The monoisotopic (exact) mass is 198 g/mol. The highest BCUT2D eigenvalue weighted by molar-refractivity contribution is 7.78. The fourth-order valence-electron chi connectivity index (χ4n) is 2.34. The lowest BCUT2D eigenvalue weighted by Crippen LogP contribution is -2.45. The van der Waals surface area contributed by atoms with E-state index in [1.165, 1.54) is 0 Å². The van der Waals surface area contributed by atoms with Crippen molar-refractivity contribution >= 4 is 17.4 Å². The molecule has 0 amide bonds. The van der Waals surface area contributed by atoms with Crippen molar-refractivity contribution in [3.63, 3.8) is 0 Å². The minimum Gasteiger partial charge on any atom is -0.306 e. The fourth-order valence-corrected chi connectivity index (χ4v) is 2.41. The van der Waals surface area contributed by atoms with E-state index >= 15 is 0 Å². The Hall–Kier alpha value is -0.240. The Kier molecular flexibility index (Phi) is 2.91. The molecule has 2 nitrogen and oxygen atoms in total. The molecule has 74 valence electrons. The van der Waals surface area contributed by atoms with E-state index < -0.39 is 0 Å². The first-order chi connectivity index (χ1) is 5.87. The third-order valence-corrected chi connectivity index (χ3v) is 2.94. The van der Waals surface area contributed by atoms with Crippen molar-refractivity contribution in [3.05, 3.63) is 0 Å². The average Bonchev–Trinajstić information content (AvgIpc) is 2.14. The summed E-state index contributed by atoms with van der Waals surface area (Å²) in [5, 5.41) is 6.05. The van der Waals surface area contributed by atoms with E-state index in [-0.39, 0.29) is 11.1 Å². The van der Waals surface area contributed by atoms with Gasteiger partial charge in [0.05, 0.1) is 11.7 Å². The van der Waals surface area contributed by atoms with Crippen LogP contribution >= 0.6 is 12.2 Å². The molecule has 0 aromatic heterocycles. The summed E-state index contributed by atoms with van der Waals surface area (Å²) < 4.78 is 0. The molecule has 1 fully saturated rings. The second-order valence-corrected chi connectivity index (χ2v) is 5.25. The van der Waals surface area contributed by atoms with Crippen molar-refractivity contribution in [3.8, 4) is 0 Å². The smallest absolute Gasteiger partial charge is 0.0585 e. The normalized spacial score (nSPS) is 29.7. The van der Waals surface area contributed by atoms with E-state index in [1.54, 1.807) is 0 Å². The Bertz CT molecular complexity index is 239. The van der Waals surface area contributed by atoms with Gasteiger partial charge in [0, 0.05) is 11.1 Å². The first kappa shape index (κ1) is 10.8. The topological polar surface area (TPSA) is 24.4 Å². The van der Waals surface area contributed by atoms with Crippen LogP contribution in [-0.4, -0.2) is 22.8 Å². The van der Waals surface area contributed by atoms with Gasteiger partial charge in [-0.3, -0.25) is 0 Å². The van der Waals surface area contributed by atoms with Crippen molar-refractivity contribution < 1.29 is 0 Å². The molecule has 0 aliphatic carbocycles. The zero-order valence-corrected chi connectivity index (χ0v) is 9.66. The van der Waals surface area contributed by atoms with Crippen molar-refractivity contribution in [2.45, 2.75) is 45.2 Å². The molecule has 0 bridgehead atoms. The number of thiocarbonyl (C=S) groups is 1. The Morgan fingerprint density at radius 1 is 1.46 bits per heavy atom. The number of hydrogen-bond acceptors (Lipinski definition) is 3. The van der Waals surface area contributed by atoms with Crippen LogP contribution in [0.3, 0.4) is 0 Å². The van der Waals surface area contributed by atoms with Gasteiger partial charge in [0.25, 0.3) is 0 Å². The largest absolute Gasteiger partial charge is 0.306 e. The molecule has 1 unspecified atom stereocenters. The molecule has 1 rings (SSSR count). The first-order valence-electron chi connectivity index (χ1n) is 4.70. The lowest BCUT2D eigenvalue weighted by molar-refractivity contribution is 0.327. The molecule has 1 heterocycles. The number of hydrogen-bond donors (Lipinski definition) is 1. The lowest BCUT2D eigenvalue weighted by atomic mass is 9.87. The van der Waals surface area contributed by atoms with Gasteiger partial charge >= 0.3 is 0 Å². The van der Waals surface area contributed by atoms with E-state index in [0.29, 0.717) is 5.92 Å². The Labute approximate surface area is 85.8 Å². The predicted molar refractivity (Wildman–Crippen MR) is 59.3 cm³/mol. The molecule has 1 N–H and O–H groups in total. The average molecular weight is 198 g/mol. The summed E-state index contributed by atoms with van der Waals surface area (Å²) in [6, 6.07) is 0. The molecular formula is C10H18N2S.